The molecule has 0 unspecified atom stereocenters. The van der Waals surface area contributed by atoms with E-state index in [0.717, 1.165) is 12.1 Å². The number of alkyl halides is 3. The molecule has 2 amide bonds. The van der Waals surface area contributed by atoms with Gasteiger partial charge in [-0.05, 0) is 51.3 Å². The standard InChI is InChI=1S/C20H24F4N2O4/c1-18(2,3)30-17(28)26-8-9-29-11-15(26)16(27)25-19(6-7-19)12-4-5-14(21)13(10-12)20(22,23)24/h4-5,10,15H,6-9,11H2,1-3H3,(H,25,27)/t15-/m0/s1. The van der Waals surface area contributed by atoms with Gasteiger partial charge in [-0.15, -0.1) is 0 Å². The molecule has 1 aromatic carbocycles. The Morgan fingerprint density at radius 2 is 1.90 bits per heavy atom. The van der Waals surface area contributed by atoms with Gasteiger partial charge < -0.3 is 14.8 Å². The number of nitrogens with one attached hydrogen (secondary N) is 1. The molecule has 10 heteroatoms. The van der Waals surface area contributed by atoms with E-state index in [9.17, 15) is 27.2 Å². The first kappa shape index (κ1) is 22.3. The van der Waals surface area contributed by atoms with Gasteiger partial charge in [0, 0.05) is 6.54 Å². The molecule has 1 aromatic rings. The van der Waals surface area contributed by atoms with E-state index in [2.05, 4.69) is 5.32 Å². The molecule has 166 valence electrons. The lowest BCUT2D eigenvalue weighted by Crippen LogP contribution is -2.58. The Morgan fingerprint density at radius 3 is 2.47 bits per heavy atom. The summed E-state index contributed by atoms with van der Waals surface area (Å²) in [6.45, 7) is 5.43. The summed E-state index contributed by atoms with van der Waals surface area (Å²) in [7, 11) is 0. The number of carbonyl (C=O) groups excluding carboxylic acids is 2. The number of ether oxygens (including phenoxy) is 2. The Balaban J connectivity index is 1.78. The zero-order chi connectivity index (χ0) is 22.3. The molecule has 1 heterocycles. The molecule has 2 fully saturated rings. The lowest BCUT2D eigenvalue weighted by molar-refractivity contribution is -0.140. The first-order chi connectivity index (χ1) is 13.8. The van der Waals surface area contributed by atoms with E-state index in [1.54, 1.807) is 20.8 Å². The minimum atomic E-state index is -4.84. The maximum atomic E-state index is 13.6. The summed E-state index contributed by atoms with van der Waals surface area (Å²) >= 11 is 0. The van der Waals surface area contributed by atoms with Gasteiger partial charge in [0.25, 0.3) is 0 Å². The molecule has 1 aliphatic heterocycles. The molecule has 0 spiro atoms. The summed E-state index contributed by atoms with van der Waals surface area (Å²) in [6, 6.07) is 1.74. The first-order valence-electron chi connectivity index (χ1n) is 9.59. The fourth-order valence-electron chi connectivity index (χ4n) is 3.33. The van der Waals surface area contributed by atoms with Crippen molar-refractivity contribution in [3.05, 3.63) is 35.1 Å². The number of rotatable bonds is 3. The van der Waals surface area contributed by atoms with E-state index in [1.165, 1.54) is 11.0 Å². The molecule has 0 aromatic heterocycles. The largest absolute Gasteiger partial charge is 0.444 e. The van der Waals surface area contributed by atoms with E-state index >= 15 is 0 Å². The molecule has 1 saturated carbocycles. The summed E-state index contributed by atoms with van der Waals surface area (Å²) in [5, 5.41) is 2.74. The summed E-state index contributed by atoms with van der Waals surface area (Å²) < 4.78 is 63.5. The van der Waals surface area contributed by atoms with Crippen molar-refractivity contribution in [1.82, 2.24) is 10.2 Å². The number of nitrogens with zero attached hydrogens (tertiary/aromatic N) is 1. The van der Waals surface area contributed by atoms with Crippen LogP contribution >= 0.6 is 0 Å². The van der Waals surface area contributed by atoms with E-state index in [4.69, 9.17) is 9.47 Å². The van der Waals surface area contributed by atoms with Crippen molar-refractivity contribution in [2.24, 2.45) is 0 Å². The van der Waals surface area contributed by atoms with Crippen LogP contribution in [-0.4, -0.2) is 48.3 Å². The van der Waals surface area contributed by atoms with Gasteiger partial charge in [0.2, 0.25) is 5.91 Å². The third-order valence-corrected chi connectivity index (χ3v) is 5.00. The van der Waals surface area contributed by atoms with Crippen molar-refractivity contribution in [2.75, 3.05) is 19.8 Å². The molecular formula is C20H24F4N2O4. The van der Waals surface area contributed by atoms with Crippen molar-refractivity contribution in [3.63, 3.8) is 0 Å². The monoisotopic (exact) mass is 432 g/mol. The predicted octanol–water partition coefficient (Wildman–Crippen LogP) is 3.59. The SMILES string of the molecule is CC(C)(C)OC(=O)N1CCOC[C@H]1C(=O)NC1(c2ccc(F)c(C(F)(F)F)c2)CC1. The molecule has 6 nitrogen and oxygen atoms in total. The number of hydrogen-bond acceptors (Lipinski definition) is 4. The van der Waals surface area contributed by atoms with E-state index in [-0.39, 0.29) is 25.3 Å². The molecule has 30 heavy (non-hydrogen) atoms. The van der Waals surface area contributed by atoms with E-state index in [0.29, 0.717) is 12.8 Å². The maximum Gasteiger partial charge on any atom is 0.419 e. The van der Waals surface area contributed by atoms with E-state index in [1.807, 2.05) is 0 Å². The smallest absolute Gasteiger partial charge is 0.419 e. The second-order valence-corrected chi connectivity index (χ2v) is 8.53. The topological polar surface area (TPSA) is 67.9 Å². The second kappa shape index (κ2) is 7.72. The average molecular weight is 432 g/mol. The van der Waals surface area contributed by atoms with Crippen LogP contribution in [-0.2, 0) is 26.0 Å². The number of morpholine rings is 1. The minimum Gasteiger partial charge on any atom is -0.444 e. The van der Waals surface area contributed by atoms with Crippen molar-refractivity contribution in [2.45, 2.75) is 57.0 Å². The summed E-state index contributed by atoms with van der Waals surface area (Å²) in [6.07, 6.45) is -4.70. The van der Waals surface area contributed by atoms with Gasteiger partial charge in [0.05, 0.1) is 24.3 Å². The highest BCUT2D eigenvalue weighted by Gasteiger charge is 2.49. The zero-order valence-corrected chi connectivity index (χ0v) is 16.9. The minimum absolute atomic E-state index is 0.0572. The molecule has 1 N–H and O–H groups in total. The maximum absolute atomic E-state index is 13.6. The van der Waals surface area contributed by atoms with Gasteiger partial charge in [0.1, 0.15) is 17.5 Å². The third kappa shape index (κ3) is 4.85. The van der Waals surface area contributed by atoms with Gasteiger partial charge >= 0.3 is 12.3 Å². The number of hydrogen-bond donors (Lipinski definition) is 1. The lowest BCUT2D eigenvalue weighted by Gasteiger charge is -2.36. The Morgan fingerprint density at radius 1 is 1.23 bits per heavy atom. The highest BCUT2D eigenvalue weighted by Crippen LogP contribution is 2.47. The highest BCUT2D eigenvalue weighted by molar-refractivity contribution is 5.87. The molecule has 3 rings (SSSR count). The quantitative estimate of drug-likeness (QED) is 0.742. The van der Waals surface area contributed by atoms with Gasteiger partial charge in [-0.2, -0.15) is 13.2 Å². The van der Waals surface area contributed by atoms with Crippen molar-refractivity contribution >= 4 is 12.0 Å². The van der Waals surface area contributed by atoms with Crippen LogP contribution in [0.3, 0.4) is 0 Å². The first-order valence-corrected chi connectivity index (χ1v) is 9.59. The zero-order valence-electron chi connectivity index (χ0n) is 16.9. The van der Waals surface area contributed by atoms with Crippen molar-refractivity contribution in [3.8, 4) is 0 Å². The van der Waals surface area contributed by atoms with Gasteiger partial charge in [-0.3, -0.25) is 9.69 Å². The molecule has 1 atom stereocenters. The van der Waals surface area contributed by atoms with Crippen LogP contribution in [0.5, 0.6) is 0 Å². The molecule has 1 aliphatic carbocycles. The van der Waals surface area contributed by atoms with Crippen molar-refractivity contribution < 1.29 is 36.6 Å². The third-order valence-electron chi connectivity index (χ3n) is 5.00. The fraction of sp³-hybridized carbons (Fsp3) is 0.600. The molecule has 1 saturated heterocycles. The van der Waals surface area contributed by atoms with Crippen LogP contribution in [0.25, 0.3) is 0 Å². The average Bonchev–Trinajstić information content (AvgIpc) is 3.40. The van der Waals surface area contributed by atoms with Crippen LogP contribution in [0.2, 0.25) is 0 Å². The van der Waals surface area contributed by atoms with Crippen LogP contribution in [0.1, 0.15) is 44.7 Å². The molecule has 0 radical (unpaired) electrons. The van der Waals surface area contributed by atoms with Crippen LogP contribution in [0, 0.1) is 5.82 Å². The van der Waals surface area contributed by atoms with Gasteiger partial charge in [0.15, 0.2) is 0 Å². The molecular weight excluding hydrogens is 408 g/mol. The summed E-state index contributed by atoms with van der Waals surface area (Å²) in [5.74, 6) is -1.93. The second-order valence-electron chi connectivity index (χ2n) is 8.53. The van der Waals surface area contributed by atoms with E-state index < -0.39 is 46.7 Å². The molecule has 2 aliphatic rings. The fourth-order valence-corrected chi connectivity index (χ4v) is 3.33. The number of benzene rings is 1. The number of halogens is 4. The summed E-state index contributed by atoms with van der Waals surface area (Å²) in [5.41, 5.74) is -2.99. The van der Waals surface area contributed by atoms with Crippen LogP contribution < -0.4 is 5.32 Å². The van der Waals surface area contributed by atoms with Gasteiger partial charge in [-0.1, -0.05) is 6.07 Å². The number of amides is 2. The van der Waals surface area contributed by atoms with Crippen molar-refractivity contribution in [1.29, 1.82) is 0 Å². The van der Waals surface area contributed by atoms with Crippen LogP contribution in [0.4, 0.5) is 22.4 Å². The lowest BCUT2D eigenvalue weighted by atomic mass is 10.0. The summed E-state index contributed by atoms with van der Waals surface area (Å²) in [4.78, 5) is 26.6. The normalized spacial score (nSPS) is 21.2. The Kier molecular flexibility index (Phi) is 5.74. The van der Waals surface area contributed by atoms with Gasteiger partial charge in [-0.25, -0.2) is 9.18 Å². The Bertz CT molecular complexity index is 831. The molecule has 0 bridgehead atoms. The Hall–Kier alpha value is -2.36. The predicted molar refractivity (Wildman–Crippen MR) is 98.0 cm³/mol. The number of carbonyl (C=O) groups is 2. The Labute approximate surface area is 171 Å². The highest BCUT2D eigenvalue weighted by atomic mass is 19.4. The van der Waals surface area contributed by atoms with Crippen LogP contribution in [0.15, 0.2) is 18.2 Å².